The standard InChI is InChI=1S/C16H30N4/c1-5-16(6-2)7-9-20(10-8-16)15(11-17)14-12-19(4)18-13(14)3/h12,15H,5-11,17H2,1-4H3. The molecule has 0 aromatic carbocycles. The lowest BCUT2D eigenvalue weighted by Gasteiger charge is -2.43. The summed E-state index contributed by atoms with van der Waals surface area (Å²) in [6.45, 7) is 9.77. The molecule has 0 bridgehead atoms. The van der Waals surface area contributed by atoms with Crippen molar-refractivity contribution in [2.75, 3.05) is 19.6 Å². The van der Waals surface area contributed by atoms with Gasteiger partial charge in [0.15, 0.2) is 0 Å². The number of hydrogen-bond acceptors (Lipinski definition) is 3. The van der Waals surface area contributed by atoms with Crippen LogP contribution in [0.3, 0.4) is 0 Å². The highest BCUT2D eigenvalue weighted by Crippen LogP contribution is 2.40. The fraction of sp³-hybridized carbons (Fsp3) is 0.812. The molecule has 1 aliphatic rings. The Morgan fingerprint density at radius 2 is 1.90 bits per heavy atom. The van der Waals surface area contributed by atoms with E-state index in [1.807, 2.05) is 11.7 Å². The Morgan fingerprint density at radius 3 is 2.30 bits per heavy atom. The average Bonchev–Trinajstić information content (AvgIpc) is 2.80. The van der Waals surface area contributed by atoms with Gasteiger partial charge in [-0.2, -0.15) is 5.10 Å². The first-order chi connectivity index (χ1) is 9.55. The van der Waals surface area contributed by atoms with Crippen molar-refractivity contribution >= 4 is 0 Å². The van der Waals surface area contributed by atoms with Crippen molar-refractivity contribution in [1.82, 2.24) is 14.7 Å². The van der Waals surface area contributed by atoms with E-state index in [4.69, 9.17) is 5.73 Å². The predicted octanol–water partition coefficient (Wildman–Crippen LogP) is 2.63. The van der Waals surface area contributed by atoms with Gasteiger partial charge in [-0.1, -0.05) is 26.7 Å². The van der Waals surface area contributed by atoms with Gasteiger partial charge in [-0.25, -0.2) is 0 Å². The van der Waals surface area contributed by atoms with Crippen LogP contribution in [0.25, 0.3) is 0 Å². The maximum absolute atomic E-state index is 6.07. The lowest BCUT2D eigenvalue weighted by Crippen LogP contribution is -2.43. The highest BCUT2D eigenvalue weighted by atomic mass is 15.3. The molecule has 0 aliphatic carbocycles. The molecule has 1 atom stereocenters. The molecule has 0 spiro atoms. The summed E-state index contributed by atoms with van der Waals surface area (Å²) in [4.78, 5) is 2.56. The van der Waals surface area contributed by atoms with E-state index in [0.717, 1.165) is 18.8 Å². The van der Waals surface area contributed by atoms with Crippen LogP contribution in [-0.4, -0.2) is 34.3 Å². The van der Waals surface area contributed by atoms with E-state index >= 15 is 0 Å². The van der Waals surface area contributed by atoms with Gasteiger partial charge in [0, 0.05) is 25.4 Å². The van der Waals surface area contributed by atoms with E-state index in [-0.39, 0.29) is 0 Å². The Hall–Kier alpha value is -0.870. The van der Waals surface area contributed by atoms with Crippen LogP contribution in [0.4, 0.5) is 0 Å². The summed E-state index contributed by atoms with van der Waals surface area (Å²) >= 11 is 0. The lowest BCUT2D eigenvalue weighted by atomic mass is 9.74. The van der Waals surface area contributed by atoms with Gasteiger partial charge in [-0.15, -0.1) is 0 Å². The average molecular weight is 278 g/mol. The minimum absolute atomic E-state index is 0.329. The van der Waals surface area contributed by atoms with Crippen LogP contribution >= 0.6 is 0 Å². The summed E-state index contributed by atoms with van der Waals surface area (Å²) in [6.07, 6.45) is 7.34. The summed E-state index contributed by atoms with van der Waals surface area (Å²) in [6, 6.07) is 0.329. The highest BCUT2D eigenvalue weighted by molar-refractivity contribution is 5.21. The zero-order valence-electron chi connectivity index (χ0n) is 13.5. The second-order valence-corrected chi connectivity index (χ2v) is 6.34. The second kappa shape index (κ2) is 6.27. The van der Waals surface area contributed by atoms with Crippen LogP contribution in [0.15, 0.2) is 6.20 Å². The third-order valence-corrected chi connectivity index (χ3v) is 5.43. The van der Waals surface area contributed by atoms with Crippen LogP contribution in [0.5, 0.6) is 0 Å². The molecule has 1 aromatic heterocycles. The molecule has 1 aromatic rings. The van der Waals surface area contributed by atoms with Crippen molar-refractivity contribution in [3.05, 3.63) is 17.5 Å². The van der Waals surface area contributed by atoms with Gasteiger partial charge in [0.05, 0.1) is 11.7 Å². The van der Waals surface area contributed by atoms with E-state index < -0.39 is 0 Å². The van der Waals surface area contributed by atoms with Crippen molar-refractivity contribution in [1.29, 1.82) is 0 Å². The number of rotatable bonds is 5. The molecule has 1 unspecified atom stereocenters. The SMILES string of the molecule is CCC1(CC)CCN(C(CN)c2cn(C)nc2C)CC1. The van der Waals surface area contributed by atoms with Crippen molar-refractivity contribution in [3.63, 3.8) is 0 Å². The normalized spacial score (nSPS) is 21.1. The third kappa shape index (κ3) is 2.91. The molecule has 0 saturated carbocycles. The first-order valence-corrected chi connectivity index (χ1v) is 7.99. The molecule has 20 heavy (non-hydrogen) atoms. The number of nitrogens with two attached hydrogens (primary N) is 1. The van der Waals surface area contributed by atoms with E-state index in [1.165, 1.54) is 31.2 Å². The molecule has 0 radical (unpaired) electrons. The Kier molecular flexibility index (Phi) is 4.86. The van der Waals surface area contributed by atoms with Crippen LogP contribution in [0, 0.1) is 12.3 Å². The zero-order valence-corrected chi connectivity index (χ0v) is 13.5. The summed E-state index contributed by atoms with van der Waals surface area (Å²) in [5, 5.41) is 4.47. The molecular weight excluding hydrogens is 248 g/mol. The molecule has 4 heteroatoms. The number of aryl methyl sites for hydroxylation is 2. The number of nitrogens with zero attached hydrogens (tertiary/aromatic N) is 3. The maximum Gasteiger partial charge on any atom is 0.0641 e. The summed E-state index contributed by atoms with van der Waals surface area (Å²) < 4.78 is 1.90. The minimum Gasteiger partial charge on any atom is -0.329 e. The molecule has 114 valence electrons. The van der Waals surface area contributed by atoms with Crippen molar-refractivity contribution in [2.24, 2.45) is 18.2 Å². The Morgan fingerprint density at radius 1 is 1.30 bits per heavy atom. The quantitative estimate of drug-likeness (QED) is 0.900. The van der Waals surface area contributed by atoms with Crippen molar-refractivity contribution in [3.8, 4) is 0 Å². The Balaban J connectivity index is 2.09. The molecule has 0 amide bonds. The van der Waals surface area contributed by atoms with Gasteiger partial charge in [-0.3, -0.25) is 9.58 Å². The van der Waals surface area contributed by atoms with Crippen LogP contribution < -0.4 is 5.73 Å². The molecule has 1 aliphatic heterocycles. The Labute approximate surface area is 123 Å². The van der Waals surface area contributed by atoms with Gasteiger partial charge in [-0.05, 0) is 38.3 Å². The number of piperidine rings is 1. The largest absolute Gasteiger partial charge is 0.329 e. The fourth-order valence-corrected chi connectivity index (χ4v) is 3.68. The number of hydrogen-bond donors (Lipinski definition) is 1. The van der Waals surface area contributed by atoms with Crippen LogP contribution in [0.1, 0.15) is 56.8 Å². The summed E-state index contributed by atoms with van der Waals surface area (Å²) in [5.74, 6) is 0. The molecule has 4 nitrogen and oxygen atoms in total. The monoisotopic (exact) mass is 278 g/mol. The summed E-state index contributed by atoms with van der Waals surface area (Å²) in [7, 11) is 1.99. The fourth-order valence-electron chi connectivity index (χ4n) is 3.68. The van der Waals surface area contributed by atoms with Crippen molar-refractivity contribution in [2.45, 2.75) is 52.5 Å². The topological polar surface area (TPSA) is 47.1 Å². The maximum atomic E-state index is 6.07. The predicted molar refractivity (Wildman–Crippen MR) is 83.6 cm³/mol. The van der Waals surface area contributed by atoms with Gasteiger partial charge < -0.3 is 5.73 Å². The molecule has 2 heterocycles. The molecular formula is C16H30N4. The molecule has 2 rings (SSSR count). The van der Waals surface area contributed by atoms with Crippen molar-refractivity contribution < 1.29 is 0 Å². The van der Waals surface area contributed by atoms with E-state index in [9.17, 15) is 0 Å². The minimum atomic E-state index is 0.329. The Bertz CT molecular complexity index is 424. The zero-order chi connectivity index (χ0) is 14.8. The number of aromatic nitrogens is 2. The van der Waals surface area contributed by atoms with Gasteiger partial charge in [0.1, 0.15) is 0 Å². The van der Waals surface area contributed by atoms with E-state index in [2.05, 4.69) is 37.0 Å². The third-order valence-electron chi connectivity index (χ3n) is 5.43. The molecule has 1 fully saturated rings. The highest BCUT2D eigenvalue weighted by Gasteiger charge is 2.34. The van der Waals surface area contributed by atoms with Crippen LogP contribution in [-0.2, 0) is 7.05 Å². The first-order valence-electron chi connectivity index (χ1n) is 7.99. The van der Waals surface area contributed by atoms with Crippen LogP contribution in [0.2, 0.25) is 0 Å². The van der Waals surface area contributed by atoms with E-state index in [0.29, 0.717) is 18.0 Å². The molecule has 2 N–H and O–H groups in total. The van der Waals surface area contributed by atoms with Gasteiger partial charge >= 0.3 is 0 Å². The smallest absolute Gasteiger partial charge is 0.0641 e. The first kappa shape index (κ1) is 15.5. The summed E-state index contributed by atoms with van der Waals surface area (Å²) in [5.41, 5.74) is 9.05. The molecule has 1 saturated heterocycles. The number of likely N-dealkylation sites (tertiary alicyclic amines) is 1. The van der Waals surface area contributed by atoms with Gasteiger partial charge in [0.2, 0.25) is 0 Å². The van der Waals surface area contributed by atoms with Gasteiger partial charge in [0.25, 0.3) is 0 Å². The van der Waals surface area contributed by atoms with E-state index in [1.54, 1.807) is 0 Å². The lowest BCUT2D eigenvalue weighted by molar-refractivity contribution is 0.0678. The second-order valence-electron chi connectivity index (χ2n) is 6.34.